The van der Waals surface area contributed by atoms with Crippen molar-refractivity contribution >= 4 is 22.7 Å². The van der Waals surface area contributed by atoms with Crippen molar-refractivity contribution in [1.82, 2.24) is 10.3 Å². The molecule has 0 spiro atoms. The molecule has 26 heavy (non-hydrogen) atoms. The largest absolute Gasteiger partial charge is 0.379 e. The van der Waals surface area contributed by atoms with E-state index in [1.807, 2.05) is 0 Å². The van der Waals surface area contributed by atoms with Gasteiger partial charge in [-0.2, -0.15) is 0 Å². The van der Waals surface area contributed by atoms with Gasteiger partial charge in [0.1, 0.15) is 18.0 Å². The van der Waals surface area contributed by atoms with Crippen molar-refractivity contribution < 1.29 is 23.5 Å². The average molecular weight is 363 g/mol. The number of halogens is 1. The van der Waals surface area contributed by atoms with Crippen LogP contribution in [0.1, 0.15) is 16.8 Å². The molecule has 3 rings (SSSR count). The average Bonchev–Trinajstić information content (AvgIpc) is 2.61. The summed E-state index contributed by atoms with van der Waals surface area (Å²) in [5.41, 5.74) is 4.77. The van der Waals surface area contributed by atoms with Crippen LogP contribution in [0.5, 0.6) is 0 Å². The molecule has 0 saturated carbocycles. The lowest BCUT2D eigenvalue weighted by atomic mass is 10.1. The van der Waals surface area contributed by atoms with E-state index in [1.54, 1.807) is 0 Å². The monoisotopic (exact) mass is 363 g/mol. The molecule has 0 unspecified atom stereocenters. The number of fused-ring (bicyclic) bond motifs is 1. The van der Waals surface area contributed by atoms with Gasteiger partial charge in [-0.15, -0.1) is 0 Å². The number of aromatic nitrogens is 1. The van der Waals surface area contributed by atoms with Gasteiger partial charge < -0.3 is 25.5 Å². The van der Waals surface area contributed by atoms with E-state index >= 15 is 0 Å². The summed E-state index contributed by atoms with van der Waals surface area (Å²) in [5, 5.41) is 2.76. The van der Waals surface area contributed by atoms with Gasteiger partial charge in [-0.1, -0.05) is 0 Å². The standard InChI is InChI=1S/C17H18FN3O5/c18-9-1-2-12-10(5-9)16(23)11(6-20-12)17(24)21-13-7-25-4-3-14(13)26-8-15(19)22/h1-2,5-6,13-14H,3-4,7-8H2,(H2,19,22)(H,20,23)(H,21,24)/t13-,14+/m0/s1. The Bertz CT molecular complexity index is 898. The molecule has 1 aliphatic rings. The number of primary amides is 1. The maximum Gasteiger partial charge on any atom is 0.257 e. The molecule has 138 valence electrons. The number of amides is 2. The quantitative estimate of drug-likeness (QED) is 0.693. The Morgan fingerprint density at radius 3 is 3.00 bits per heavy atom. The number of aromatic amines is 1. The molecule has 8 nitrogen and oxygen atoms in total. The first-order chi connectivity index (χ1) is 12.5. The fraction of sp³-hybridized carbons (Fsp3) is 0.353. The van der Waals surface area contributed by atoms with Crippen LogP contribution in [0, 0.1) is 5.82 Å². The highest BCUT2D eigenvalue weighted by atomic mass is 19.1. The normalized spacial score (nSPS) is 20.0. The van der Waals surface area contributed by atoms with Crippen LogP contribution in [0.2, 0.25) is 0 Å². The highest BCUT2D eigenvalue weighted by molar-refractivity contribution is 5.97. The Balaban J connectivity index is 1.80. The molecular formula is C17H18FN3O5. The lowest BCUT2D eigenvalue weighted by Crippen LogP contribution is -2.51. The minimum Gasteiger partial charge on any atom is -0.379 e. The topological polar surface area (TPSA) is 124 Å². The number of pyridine rings is 1. The maximum absolute atomic E-state index is 13.4. The molecule has 2 aromatic rings. The molecule has 0 bridgehead atoms. The number of ether oxygens (including phenoxy) is 2. The van der Waals surface area contributed by atoms with Gasteiger partial charge in [0.25, 0.3) is 5.91 Å². The molecule has 2 heterocycles. The highest BCUT2D eigenvalue weighted by Gasteiger charge is 2.29. The number of benzene rings is 1. The van der Waals surface area contributed by atoms with E-state index in [-0.39, 0.29) is 24.2 Å². The van der Waals surface area contributed by atoms with Crippen LogP contribution in [0.15, 0.2) is 29.2 Å². The number of hydrogen-bond acceptors (Lipinski definition) is 5. The van der Waals surface area contributed by atoms with E-state index < -0.39 is 35.2 Å². The van der Waals surface area contributed by atoms with E-state index in [1.165, 1.54) is 18.3 Å². The minimum atomic E-state index is -0.638. The zero-order chi connectivity index (χ0) is 18.7. The van der Waals surface area contributed by atoms with Crippen molar-refractivity contribution in [3.8, 4) is 0 Å². The van der Waals surface area contributed by atoms with Crippen LogP contribution in [-0.4, -0.2) is 48.8 Å². The number of rotatable bonds is 5. The number of nitrogens with one attached hydrogen (secondary N) is 2. The highest BCUT2D eigenvalue weighted by Crippen LogP contribution is 2.14. The molecule has 2 amide bonds. The Morgan fingerprint density at radius 1 is 1.42 bits per heavy atom. The van der Waals surface area contributed by atoms with Crippen LogP contribution < -0.4 is 16.5 Å². The molecule has 9 heteroatoms. The smallest absolute Gasteiger partial charge is 0.257 e. The van der Waals surface area contributed by atoms with Gasteiger partial charge in [-0.25, -0.2) is 4.39 Å². The van der Waals surface area contributed by atoms with Gasteiger partial charge in [0.2, 0.25) is 11.3 Å². The fourth-order valence-corrected chi connectivity index (χ4v) is 2.85. The van der Waals surface area contributed by atoms with Crippen molar-refractivity contribution in [2.24, 2.45) is 5.73 Å². The van der Waals surface area contributed by atoms with E-state index in [0.29, 0.717) is 18.5 Å². The molecule has 2 atom stereocenters. The second-order valence-corrected chi connectivity index (χ2v) is 5.98. The second kappa shape index (κ2) is 7.63. The molecule has 1 fully saturated rings. The van der Waals surface area contributed by atoms with Crippen LogP contribution in [0.3, 0.4) is 0 Å². The molecule has 1 aromatic heterocycles. The lowest BCUT2D eigenvalue weighted by molar-refractivity contribution is -0.128. The Labute approximate surface area is 147 Å². The lowest BCUT2D eigenvalue weighted by Gasteiger charge is -2.31. The SMILES string of the molecule is NC(=O)CO[C@@H]1CCOC[C@@H]1NC(=O)c1c[nH]c2ccc(F)cc2c1=O. The number of carbonyl (C=O) groups excluding carboxylic acids is 2. The number of H-pyrrole nitrogens is 1. The third-order valence-electron chi connectivity index (χ3n) is 4.14. The maximum atomic E-state index is 13.4. The predicted octanol–water partition coefficient (Wildman–Crippen LogP) is 0.0564. The summed E-state index contributed by atoms with van der Waals surface area (Å²) >= 11 is 0. The van der Waals surface area contributed by atoms with Crippen LogP contribution in [0.4, 0.5) is 4.39 Å². The third-order valence-corrected chi connectivity index (χ3v) is 4.14. The summed E-state index contributed by atoms with van der Waals surface area (Å²) < 4.78 is 24.1. The third kappa shape index (κ3) is 3.89. The first-order valence-corrected chi connectivity index (χ1v) is 8.05. The van der Waals surface area contributed by atoms with Crippen LogP contribution in [-0.2, 0) is 14.3 Å². The number of hydrogen-bond donors (Lipinski definition) is 3. The fourth-order valence-electron chi connectivity index (χ4n) is 2.85. The van der Waals surface area contributed by atoms with Crippen molar-refractivity contribution in [3.63, 3.8) is 0 Å². The molecule has 0 radical (unpaired) electrons. The van der Waals surface area contributed by atoms with Crippen LogP contribution in [0.25, 0.3) is 10.9 Å². The zero-order valence-electron chi connectivity index (χ0n) is 13.8. The van der Waals surface area contributed by atoms with Gasteiger partial charge in [0.15, 0.2) is 0 Å². The summed E-state index contributed by atoms with van der Waals surface area (Å²) in [4.78, 5) is 38.7. The molecule has 4 N–H and O–H groups in total. The number of nitrogens with two attached hydrogens (primary N) is 1. The molecule has 0 aliphatic carbocycles. The van der Waals surface area contributed by atoms with E-state index in [2.05, 4.69) is 10.3 Å². The summed E-state index contributed by atoms with van der Waals surface area (Å²) in [6.45, 7) is 0.327. The van der Waals surface area contributed by atoms with Crippen molar-refractivity contribution in [2.45, 2.75) is 18.6 Å². The second-order valence-electron chi connectivity index (χ2n) is 5.98. The van der Waals surface area contributed by atoms with E-state index in [4.69, 9.17) is 15.2 Å². The molecule has 1 saturated heterocycles. The first-order valence-electron chi connectivity index (χ1n) is 8.05. The van der Waals surface area contributed by atoms with Gasteiger partial charge in [-0.3, -0.25) is 14.4 Å². The zero-order valence-corrected chi connectivity index (χ0v) is 13.8. The summed E-state index contributed by atoms with van der Waals surface area (Å²) in [6.07, 6.45) is 1.29. The Hall–Kier alpha value is -2.78. The van der Waals surface area contributed by atoms with Crippen molar-refractivity contribution in [3.05, 3.63) is 46.0 Å². The van der Waals surface area contributed by atoms with E-state index in [9.17, 15) is 18.8 Å². The predicted molar refractivity (Wildman–Crippen MR) is 90.2 cm³/mol. The first kappa shape index (κ1) is 18.0. The van der Waals surface area contributed by atoms with Gasteiger partial charge in [0, 0.05) is 23.7 Å². The number of carbonyl (C=O) groups is 2. The van der Waals surface area contributed by atoms with Crippen LogP contribution >= 0.6 is 0 Å². The summed E-state index contributed by atoms with van der Waals surface area (Å²) in [5.74, 6) is -1.82. The van der Waals surface area contributed by atoms with E-state index in [0.717, 1.165) is 6.07 Å². The summed E-state index contributed by atoms with van der Waals surface area (Å²) in [6, 6.07) is 3.18. The molecular weight excluding hydrogens is 345 g/mol. The summed E-state index contributed by atoms with van der Waals surface area (Å²) in [7, 11) is 0. The van der Waals surface area contributed by atoms with Gasteiger partial charge in [0.05, 0.1) is 18.8 Å². The van der Waals surface area contributed by atoms with Crippen molar-refractivity contribution in [2.75, 3.05) is 19.8 Å². The molecule has 1 aromatic carbocycles. The van der Waals surface area contributed by atoms with Crippen molar-refractivity contribution in [1.29, 1.82) is 0 Å². The molecule has 1 aliphatic heterocycles. The Kier molecular flexibility index (Phi) is 5.29. The van der Waals surface area contributed by atoms with Gasteiger partial charge >= 0.3 is 0 Å². The minimum absolute atomic E-state index is 0.0825. The van der Waals surface area contributed by atoms with Gasteiger partial charge in [-0.05, 0) is 24.6 Å². The Morgan fingerprint density at radius 2 is 2.23 bits per heavy atom.